The van der Waals surface area contributed by atoms with Gasteiger partial charge in [0.25, 0.3) is 0 Å². The molecule has 0 radical (unpaired) electrons. The van der Waals surface area contributed by atoms with Gasteiger partial charge in [-0.05, 0) is 62.3 Å². The van der Waals surface area contributed by atoms with Crippen molar-refractivity contribution in [1.29, 1.82) is 0 Å². The van der Waals surface area contributed by atoms with Crippen LogP contribution in [0.5, 0.6) is 0 Å². The highest BCUT2D eigenvalue weighted by molar-refractivity contribution is 7.82. The normalized spacial score (nSPS) is 25.5. The zero-order valence-corrected chi connectivity index (χ0v) is 14.0. The zero-order chi connectivity index (χ0) is 15.3. The first-order valence-electron chi connectivity index (χ1n) is 8.12. The highest BCUT2D eigenvalue weighted by atomic mass is 32.2. The number of aromatic nitrogens is 1. The second kappa shape index (κ2) is 5.14. The molecule has 116 valence electrons. The van der Waals surface area contributed by atoms with Gasteiger partial charge < -0.3 is 0 Å². The molecule has 2 unspecified atom stereocenters. The van der Waals surface area contributed by atoms with Gasteiger partial charge >= 0.3 is 0 Å². The Balaban J connectivity index is 1.65. The Morgan fingerprint density at radius 2 is 2.14 bits per heavy atom. The predicted octanol–water partition coefficient (Wildman–Crippen LogP) is 3.83. The maximum absolute atomic E-state index is 13.0. The summed E-state index contributed by atoms with van der Waals surface area (Å²) in [4.78, 5) is 5.32. The van der Waals surface area contributed by atoms with Crippen LogP contribution in [0.3, 0.4) is 0 Å². The van der Waals surface area contributed by atoms with Crippen molar-refractivity contribution >= 4 is 21.9 Å². The number of pyridine rings is 1. The minimum Gasteiger partial charge on any atom is -0.256 e. The molecule has 2 aliphatic rings. The fraction of sp³-hybridized carbons (Fsp3) is 0.500. The Kier molecular flexibility index (Phi) is 3.35. The van der Waals surface area contributed by atoms with Gasteiger partial charge in [-0.3, -0.25) is 4.98 Å². The van der Waals surface area contributed by atoms with Crippen molar-refractivity contribution in [3.8, 4) is 0 Å². The van der Waals surface area contributed by atoms with Gasteiger partial charge in [-0.2, -0.15) is 0 Å². The maximum Gasteiger partial charge on any atom is 0.127 e. The number of fused-ring (bicyclic) bond motifs is 1. The molecular weight excluding hydrogens is 292 g/mol. The van der Waals surface area contributed by atoms with Crippen LogP contribution in [0.25, 0.3) is 10.9 Å². The molecule has 1 spiro atoms. The number of benzene rings is 1. The van der Waals surface area contributed by atoms with E-state index in [4.69, 9.17) is 0 Å². The van der Waals surface area contributed by atoms with Crippen molar-refractivity contribution in [2.75, 3.05) is 6.54 Å². The summed E-state index contributed by atoms with van der Waals surface area (Å²) in [7, 11) is -1.07. The van der Waals surface area contributed by atoms with Crippen LogP contribution in [-0.4, -0.2) is 26.1 Å². The second-order valence-electron chi connectivity index (χ2n) is 7.04. The maximum atomic E-state index is 13.0. The average Bonchev–Trinajstić information content (AvgIpc) is 2.85. The van der Waals surface area contributed by atoms with Crippen LogP contribution in [0.15, 0.2) is 35.4 Å². The van der Waals surface area contributed by atoms with Crippen molar-refractivity contribution in [1.82, 2.24) is 9.29 Å². The second-order valence-corrected chi connectivity index (χ2v) is 8.48. The smallest absolute Gasteiger partial charge is 0.127 e. The van der Waals surface area contributed by atoms with Crippen LogP contribution in [-0.2, 0) is 11.0 Å². The molecule has 2 fully saturated rings. The molecule has 2 heterocycles. The highest BCUT2D eigenvalue weighted by Crippen LogP contribution is 2.50. The van der Waals surface area contributed by atoms with Gasteiger partial charge in [0.1, 0.15) is 11.0 Å². The molecule has 4 heteroatoms. The molecular formula is C18H22N2OS. The third kappa shape index (κ3) is 2.20. The quantitative estimate of drug-likeness (QED) is 0.844. The molecule has 0 N–H and O–H groups in total. The molecule has 22 heavy (non-hydrogen) atoms. The number of rotatable bonds is 2. The van der Waals surface area contributed by atoms with Crippen molar-refractivity contribution in [2.45, 2.75) is 50.5 Å². The standard InChI is InChI=1S/C18H22N2OS/c1-13-6-9-19-17-10-15(4-5-16(13)17)22(21)20-12-18(7-3-8-18)11-14(20)2/h4-6,9-10,14H,3,7-8,11-12H2,1-2H3. The van der Waals surface area contributed by atoms with E-state index in [0.717, 1.165) is 22.3 Å². The Morgan fingerprint density at radius 1 is 1.32 bits per heavy atom. The Morgan fingerprint density at radius 3 is 2.82 bits per heavy atom. The van der Waals surface area contributed by atoms with E-state index in [1.54, 1.807) is 0 Å². The van der Waals surface area contributed by atoms with Crippen LogP contribution < -0.4 is 0 Å². The zero-order valence-electron chi connectivity index (χ0n) is 13.2. The minimum atomic E-state index is -1.07. The molecule has 1 aliphatic heterocycles. The molecule has 1 aliphatic carbocycles. The summed E-state index contributed by atoms with van der Waals surface area (Å²) in [6.45, 7) is 5.29. The first kappa shape index (κ1) is 14.3. The summed E-state index contributed by atoms with van der Waals surface area (Å²) in [6, 6.07) is 8.48. The van der Waals surface area contributed by atoms with E-state index in [0.29, 0.717) is 11.5 Å². The Bertz CT molecular complexity index is 754. The van der Waals surface area contributed by atoms with Crippen LogP contribution in [0.2, 0.25) is 0 Å². The number of aryl methyl sites for hydroxylation is 1. The van der Waals surface area contributed by atoms with Gasteiger partial charge in [0.2, 0.25) is 0 Å². The molecule has 2 atom stereocenters. The lowest BCUT2D eigenvalue weighted by Gasteiger charge is -2.38. The fourth-order valence-corrected chi connectivity index (χ4v) is 5.52. The van der Waals surface area contributed by atoms with Crippen molar-refractivity contribution in [3.63, 3.8) is 0 Å². The van der Waals surface area contributed by atoms with E-state index in [1.807, 2.05) is 24.4 Å². The Labute approximate surface area is 134 Å². The van der Waals surface area contributed by atoms with Gasteiger partial charge in [0.05, 0.1) is 10.4 Å². The third-order valence-electron chi connectivity index (χ3n) is 5.47. The fourth-order valence-electron chi connectivity index (χ4n) is 4.06. The topological polar surface area (TPSA) is 33.2 Å². The van der Waals surface area contributed by atoms with E-state index in [-0.39, 0.29) is 0 Å². The van der Waals surface area contributed by atoms with Crippen molar-refractivity contribution in [3.05, 3.63) is 36.0 Å². The monoisotopic (exact) mass is 314 g/mol. The first-order chi connectivity index (χ1) is 10.6. The number of hydrogen-bond donors (Lipinski definition) is 0. The third-order valence-corrected chi connectivity index (χ3v) is 7.04. The predicted molar refractivity (Wildman–Crippen MR) is 90.0 cm³/mol. The molecule has 1 aromatic heterocycles. The van der Waals surface area contributed by atoms with Crippen LogP contribution >= 0.6 is 0 Å². The SMILES string of the molecule is Cc1ccnc2cc(S(=O)N3CC4(CCC4)CC3C)ccc12. The van der Waals surface area contributed by atoms with Gasteiger partial charge in [-0.25, -0.2) is 8.51 Å². The van der Waals surface area contributed by atoms with E-state index in [9.17, 15) is 4.21 Å². The lowest BCUT2D eigenvalue weighted by atomic mass is 9.68. The summed E-state index contributed by atoms with van der Waals surface area (Å²) in [5.41, 5.74) is 2.61. The molecule has 4 rings (SSSR count). The summed E-state index contributed by atoms with van der Waals surface area (Å²) >= 11 is 0. The summed E-state index contributed by atoms with van der Waals surface area (Å²) < 4.78 is 15.2. The van der Waals surface area contributed by atoms with Gasteiger partial charge in [-0.1, -0.05) is 12.5 Å². The van der Waals surface area contributed by atoms with Crippen LogP contribution in [0, 0.1) is 12.3 Å². The van der Waals surface area contributed by atoms with Crippen LogP contribution in [0.1, 0.15) is 38.2 Å². The average molecular weight is 314 g/mol. The molecule has 1 saturated heterocycles. The lowest BCUT2D eigenvalue weighted by Crippen LogP contribution is -2.34. The van der Waals surface area contributed by atoms with Gasteiger partial charge in [0.15, 0.2) is 0 Å². The van der Waals surface area contributed by atoms with Crippen LogP contribution in [0.4, 0.5) is 0 Å². The van der Waals surface area contributed by atoms with Crippen molar-refractivity contribution < 1.29 is 4.21 Å². The minimum absolute atomic E-state index is 0.405. The Hall–Kier alpha value is -1.26. The number of nitrogens with zero attached hydrogens (tertiary/aromatic N) is 2. The lowest BCUT2D eigenvalue weighted by molar-refractivity contribution is 0.153. The van der Waals surface area contributed by atoms with E-state index in [1.165, 1.54) is 31.2 Å². The first-order valence-corrected chi connectivity index (χ1v) is 9.23. The summed E-state index contributed by atoms with van der Waals surface area (Å²) in [5.74, 6) is 0. The largest absolute Gasteiger partial charge is 0.256 e. The summed E-state index contributed by atoms with van der Waals surface area (Å²) in [5, 5.41) is 1.15. The highest BCUT2D eigenvalue weighted by Gasteiger charge is 2.47. The van der Waals surface area contributed by atoms with Crippen molar-refractivity contribution in [2.24, 2.45) is 5.41 Å². The van der Waals surface area contributed by atoms with E-state index < -0.39 is 11.0 Å². The molecule has 3 nitrogen and oxygen atoms in total. The van der Waals surface area contributed by atoms with E-state index in [2.05, 4.69) is 29.2 Å². The molecule has 2 aromatic rings. The number of hydrogen-bond acceptors (Lipinski definition) is 2. The summed E-state index contributed by atoms with van der Waals surface area (Å²) in [6.07, 6.45) is 6.98. The van der Waals surface area contributed by atoms with Gasteiger partial charge in [0, 0.05) is 24.2 Å². The van der Waals surface area contributed by atoms with Gasteiger partial charge in [-0.15, -0.1) is 0 Å². The molecule has 1 saturated carbocycles. The molecule has 0 amide bonds. The molecule has 1 aromatic carbocycles. The van der Waals surface area contributed by atoms with E-state index >= 15 is 0 Å². The molecule has 0 bridgehead atoms.